The number of rotatable bonds is 7. The summed E-state index contributed by atoms with van der Waals surface area (Å²) in [6.07, 6.45) is -0.939. The van der Waals surface area contributed by atoms with Gasteiger partial charge in [0.1, 0.15) is 10.7 Å². The molecular weight excluding hydrogens is 536 g/mol. The van der Waals surface area contributed by atoms with E-state index < -0.39 is 28.7 Å². The standard InChI is InChI=1S/C26H28F4N6O2S/c1-3-34-16-22(15-31-34)39(37,38)35-11-10-33(9-8-26(28,29)30)25(17-35)23-13-19-14-32-36(24(19)12-18(23)2)21-6-4-20(27)5-7-21/h4-7,12-16,25H,3,8-11,17H2,1-2H3/t25-/m1/s1. The maximum Gasteiger partial charge on any atom is 0.390 e. The van der Waals surface area contributed by atoms with Gasteiger partial charge in [0, 0.05) is 50.3 Å². The summed E-state index contributed by atoms with van der Waals surface area (Å²) in [6.45, 7) is 4.16. The van der Waals surface area contributed by atoms with Gasteiger partial charge in [0.05, 0.1) is 30.0 Å². The zero-order chi connectivity index (χ0) is 27.9. The van der Waals surface area contributed by atoms with Crippen LogP contribution in [0.15, 0.2) is 59.9 Å². The molecular formula is C26H28F4N6O2S. The van der Waals surface area contributed by atoms with E-state index in [-0.39, 0.29) is 36.9 Å². The summed E-state index contributed by atoms with van der Waals surface area (Å²) >= 11 is 0. The quantitative estimate of drug-likeness (QED) is 0.305. The number of hydrogen-bond donors (Lipinski definition) is 0. The third-order valence-electron chi connectivity index (χ3n) is 7.09. The van der Waals surface area contributed by atoms with Crippen molar-refractivity contribution >= 4 is 20.9 Å². The van der Waals surface area contributed by atoms with Crippen LogP contribution in [0.4, 0.5) is 17.6 Å². The van der Waals surface area contributed by atoms with E-state index in [0.29, 0.717) is 12.2 Å². The summed E-state index contributed by atoms with van der Waals surface area (Å²) in [7, 11) is -3.90. The third-order valence-corrected chi connectivity index (χ3v) is 8.91. The second-order valence-corrected chi connectivity index (χ2v) is 11.6. The molecule has 0 radical (unpaired) electrons. The lowest BCUT2D eigenvalue weighted by Gasteiger charge is -2.41. The van der Waals surface area contributed by atoms with Gasteiger partial charge in [-0.25, -0.2) is 17.5 Å². The molecule has 208 valence electrons. The first-order chi connectivity index (χ1) is 18.5. The lowest BCUT2D eigenvalue weighted by molar-refractivity contribution is -0.140. The Morgan fingerprint density at radius 3 is 2.46 bits per heavy atom. The SMILES string of the molecule is CCn1cc(S(=O)(=O)N2CCN(CCC(F)(F)F)[C@@H](c3cc4cnn(-c5ccc(F)cc5)c4cc3C)C2)cn1. The Bertz CT molecular complexity index is 1580. The molecule has 39 heavy (non-hydrogen) atoms. The average Bonchev–Trinajstić information content (AvgIpc) is 3.54. The Morgan fingerprint density at radius 1 is 1.05 bits per heavy atom. The van der Waals surface area contributed by atoms with Crippen LogP contribution in [-0.2, 0) is 16.6 Å². The smallest absolute Gasteiger partial charge is 0.293 e. The maximum absolute atomic E-state index is 13.4. The number of hydrogen-bond acceptors (Lipinski definition) is 5. The van der Waals surface area contributed by atoms with Gasteiger partial charge in [-0.05, 0) is 61.4 Å². The van der Waals surface area contributed by atoms with Crippen LogP contribution in [0, 0.1) is 12.7 Å². The van der Waals surface area contributed by atoms with Crippen LogP contribution in [0.2, 0.25) is 0 Å². The van der Waals surface area contributed by atoms with Gasteiger partial charge in [-0.1, -0.05) is 0 Å². The Hall–Kier alpha value is -3.29. The van der Waals surface area contributed by atoms with E-state index in [1.807, 2.05) is 26.0 Å². The number of halogens is 4. The highest BCUT2D eigenvalue weighted by Crippen LogP contribution is 2.34. The molecule has 0 bridgehead atoms. The van der Waals surface area contributed by atoms with Crippen LogP contribution in [0.25, 0.3) is 16.6 Å². The Kier molecular flexibility index (Phi) is 7.25. The van der Waals surface area contributed by atoms with E-state index in [1.54, 1.807) is 27.9 Å². The molecule has 4 aromatic rings. The van der Waals surface area contributed by atoms with Gasteiger partial charge in [-0.3, -0.25) is 9.58 Å². The van der Waals surface area contributed by atoms with Crippen molar-refractivity contribution in [3.05, 3.63) is 71.9 Å². The molecule has 0 saturated carbocycles. The topological polar surface area (TPSA) is 76.3 Å². The monoisotopic (exact) mass is 564 g/mol. The van der Waals surface area contributed by atoms with E-state index in [4.69, 9.17) is 0 Å². The molecule has 0 N–H and O–H groups in total. The second-order valence-electron chi connectivity index (χ2n) is 9.61. The number of piperazine rings is 1. The highest BCUT2D eigenvalue weighted by atomic mass is 32.2. The van der Waals surface area contributed by atoms with E-state index in [9.17, 15) is 26.0 Å². The van der Waals surface area contributed by atoms with Crippen LogP contribution in [0.3, 0.4) is 0 Å². The van der Waals surface area contributed by atoms with Crippen molar-refractivity contribution in [1.82, 2.24) is 28.8 Å². The molecule has 1 aliphatic heterocycles. The van der Waals surface area contributed by atoms with Crippen LogP contribution >= 0.6 is 0 Å². The molecule has 0 unspecified atom stereocenters. The van der Waals surface area contributed by atoms with Gasteiger partial charge in [0.15, 0.2) is 0 Å². The minimum Gasteiger partial charge on any atom is -0.293 e. The predicted octanol–water partition coefficient (Wildman–Crippen LogP) is 4.69. The van der Waals surface area contributed by atoms with Crippen molar-refractivity contribution < 1.29 is 26.0 Å². The van der Waals surface area contributed by atoms with Crippen molar-refractivity contribution in [3.8, 4) is 5.69 Å². The molecule has 5 rings (SSSR count). The Labute approximate surface area is 223 Å². The molecule has 0 spiro atoms. The van der Waals surface area contributed by atoms with Gasteiger partial charge < -0.3 is 0 Å². The first kappa shape index (κ1) is 27.3. The first-order valence-electron chi connectivity index (χ1n) is 12.5. The Balaban J connectivity index is 1.51. The average molecular weight is 565 g/mol. The maximum atomic E-state index is 13.4. The van der Waals surface area contributed by atoms with Gasteiger partial charge >= 0.3 is 6.18 Å². The number of aryl methyl sites for hydroxylation is 2. The summed E-state index contributed by atoms with van der Waals surface area (Å²) < 4.78 is 84.3. The normalized spacial score (nSPS) is 17.7. The summed E-state index contributed by atoms with van der Waals surface area (Å²) in [5.74, 6) is -0.369. The molecule has 1 atom stereocenters. The number of benzene rings is 2. The molecule has 8 nitrogen and oxygen atoms in total. The van der Waals surface area contributed by atoms with Crippen molar-refractivity contribution in [1.29, 1.82) is 0 Å². The van der Waals surface area contributed by atoms with Gasteiger partial charge in [-0.15, -0.1) is 0 Å². The molecule has 0 aliphatic carbocycles. The molecule has 3 heterocycles. The van der Waals surface area contributed by atoms with Crippen LogP contribution in [-0.4, -0.2) is 69.5 Å². The molecule has 1 fully saturated rings. The van der Waals surface area contributed by atoms with E-state index >= 15 is 0 Å². The first-order valence-corrected chi connectivity index (χ1v) is 14.0. The fraction of sp³-hybridized carbons (Fsp3) is 0.385. The van der Waals surface area contributed by atoms with Crippen LogP contribution < -0.4 is 0 Å². The molecule has 2 aromatic heterocycles. The van der Waals surface area contributed by atoms with Crippen LogP contribution in [0.5, 0.6) is 0 Å². The summed E-state index contributed by atoms with van der Waals surface area (Å²) in [6, 6.07) is 9.02. The minimum atomic E-state index is -4.34. The van der Waals surface area contributed by atoms with Crippen molar-refractivity contribution in [3.63, 3.8) is 0 Å². The molecule has 2 aromatic carbocycles. The second kappa shape index (κ2) is 10.4. The third kappa shape index (κ3) is 5.56. The van der Waals surface area contributed by atoms with Crippen molar-refractivity contribution in [2.24, 2.45) is 0 Å². The lowest BCUT2D eigenvalue weighted by Crippen LogP contribution is -2.51. The summed E-state index contributed by atoms with van der Waals surface area (Å²) in [4.78, 5) is 1.76. The number of fused-ring (bicyclic) bond motifs is 1. The summed E-state index contributed by atoms with van der Waals surface area (Å²) in [5, 5.41) is 9.24. The molecule has 13 heteroatoms. The number of sulfonamides is 1. The van der Waals surface area contributed by atoms with E-state index in [1.165, 1.54) is 33.5 Å². The zero-order valence-electron chi connectivity index (χ0n) is 21.4. The van der Waals surface area contributed by atoms with E-state index in [2.05, 4.69) is 10.2 Å². The highest BCUT2D eigenvalue weighted by Gasteiger charge is 2.38. The van der Waals surface area contributed by atoms with Crippen molar-refractivity contribution in [2.45, 2.75) is 43.9 Å². The Morgan fingerprint density at radius 2 is 1.79 bits per heavy atom. The largest absolute Gasteiger partial charge is 0.390 e. The van der Waals surface area contributed by atoms with Crippen molar-refractivity contribution in [2.75, 3.05) is 26.2 Å². The number of nitrogens with zero attached hydrogens (tertiary/aromatic N) is 6. The van der Waals surface area contributed by atoms with Gasteiger partial charge in [-0.2, -0.15) is 27.7 Å². The molecule has 1 aliphatic rings. The molecule has 1 saturated heterocycles. The number of aromatic nitrogens is 4. The van der Waals surface area contributed by atoms with E-state index in [0.717, 1.165) is 22.0 Å². The van der Waals surface area contributed by atoms with Crippen LogP contribution in [0.1, 0.15) is 30.5 Å². The predicted molar refractivity (Wildman–Crippen MR) is 137 cm³/mol. The fourth-order valence-corrected chi connectivity index (χ4v) is 6.38. The minimum absolute atomic E-state index is 0.00403. The number of alkyl halides is 3. The summed E-state index contributed by atoms with van der Waals surface area (Å²) in [5.41, 5.74) is 2.92. The van der Waals surface area contributed by atoms with Gasteiger partial charge in [0.25, 0.3) is 0 Å². The van der Waals surface area contributed by atoms with Gasteiger partial charge in [0.2, 0.25) is 10.0 Å². The highest BCUT2D eigenvalue weighted by molar-refractivity contribution is 7.89. The fourth-order valence-electron chi connectivity index (χ4n) is 4.99. The zero-order valence-corrected chi connectivity index (χ0v) is 22.3. The molecule has 0 amide bonds. The lowest BCUT2D eigenvalue weighted by atomic mass is 9.96.